The molecule has 0 bridgehead atoms. The highest BCUT2D eigenvalue weighted by molar-refractivity contribution is 7.90. The van der Waals surface area contributed by atoms with Crippen LogP contribution in [0.5, 0.6) is 0 Å². The van der Waals surface area contributed by atoms with Gasteiger partial charge >= 0.3 is 0 Å². The Morgan fingerprint density at radius 3 is 2.10 bits per heavy atom. The Morgan fingerprint density at radius 2 is 1.52 bits per heavy atom. The monoisotopic (exact) mass is 304 g/mol. The van der Waals surface area contributed by atoms with Crippen LogP contribution >= 0.6 is 0 Å². The van der Waals surface area contributed by atoms with Crippen LogP contribution in [0.3, 0.4) is 0 Å². The molecular weight excluding hydrogens is 284 g/mol. The third-order valence-corrected chi connectivity index (χ3v) is 5.15. The molecule has 1 N–H and O–H groups in total. The van der Waals surface area contributed by atoms with E-state index in [2.05, 4.69) is 0 Å². The number of hydrogen-bond donors (Lipinski definition) is 1. The smallest absolute Gasteiger partial charge is 0.154 e. The third-order valence-electron chi connectivity index (χ3n) is 3.30. The first-order valence-corrected chi connectivity index (χ1v) is 8.78. The summed E-state index contributed by atoms with van der Waals surface area (Å²) in [6, 6.07) is 17.5. The summed E-state index contributed by atoms with van der Waals surface area (Å²) in [4.78, 5) is 0. The molecule has 0 aliphatic heterocycles. The summed E-state index contributed by atoms with van der Waals surface area (Å²) in [6.07, 6.45) is 0. The van der Waals surface area contributed by atoms with Crippen molar-refractivity contribution in [2.24, 2.45) is 5.92 Å². The van der Waals surface area contributed by atoms with Crippen molar-refractivity contribution in [3.8, 4) is 11.1 Å². The Kier molecular flexibility index (Phi) is 5.15. The molecule has 2 aromatic carbocycles. The summed E-state index contributed by atoms with van der Waals surface area (Å²) < 4.78 is 24.0. The number of aliphatic hydroxyl groups excluding tert-OH is 1. The Morgan fingerprint density at radius 1 is 0.952 bits per heavy atom. The minimum Gasteiger partial charge on any atom is -0.396 e. The average Bonchev–Trinajstić information content (AvgIpc) is 2.48. The van der Waals surface area contributed by atoms with Crippen molar-refractivity contribution in [1.82, 2.24) is 0 Å². The van der Waals surface area contributed by atoms with Gasteiger partial charge in [-0.15, -0.1) is 0 Å². The standard InChI is InChI=1S/C17H20O3S/c1-14(11-18)12-21(19,20)13-15-7-9-17(10-8-15)16-5-3-2-4-6-16/h2-10,14,18H,11-13H2,1H3. The molecule has 0 spiro atoms. The summed E-state index contributed by atoms with van der Waals surface area (Å²) >= 11 is 0. The third kappa shape index (κ3) is 4.69. The number of rotatable bonds is 6. The zero-order valence-electron chi connectivity index (χ0n) is 12.1. The van der Waals surface area contributed by atoms with E-state index in [0.29, 0.717) is 0 Å². The lowest BCUT2D eigenvalue weighted by atomic mass is 10.0. The predicted molar refractivity (Wildman–Crippen MR) is 85.6 cm³/mol. The molecule has 1 atom stereocenters. The lowest BCUT2D eigenvalue weighted by Crippen LogP contribution is -2.18. The molecule has 112 valence electrons. The van der Waals surface area contributed by atoms with E-state index in [9.17, 15) is 8.42 Å². The van der Waals surface area contributed by atoms with Gasteiger partial charge in [0.2, 0.25) is 0 Å². The van der Waals surface area contributed by atoms with Crippen LogP contribution < -0.4 is 0 Å². The van der Waals surface area contributed by atoms with Crippen molar-refractivity contribution in [2.75, 3.05) is 12.4 Å². The van der Waals surface area contributed by atoms with Gasteiger partial charge in [-0.05, 0) is 22.6 Å². The fourth-order valence-electron chi connectivity index (χ4n) is 2.22. The van der Waals surface area contributed by atoms with E-state index in [1.165, 1.54) is 0 Å². The molecule has 0 saturated heterocycles. The minimum absolute atomic E-state index is 0.0178. The molecule has 21 heavy (non-hydrogen) atoms. The van der Waals surface area contributed by atoms with Crippen molar-refractivity contribution < 1.29 is 13.5 Å². The predicted octanol–water partition coefficient (Wildman–Crippen LogP) is 2.90. The molecule has 0 heterocycles. The Balaban J connectivity index is 2.10. The molecule has 0 fully saturated rings. The van der Waals surface area contributed by atoms with Crippen LogP contribution in [0.1, 0.15) is 12.5 Å². The van der Waals surface area contributed by atoms with Crippen LogP contribution in [-0.4, -0.2) is 25.9 Å². The second-order valence-corrected chi connectivity index (χ2v) is 7.51. The van der Waals surface area contributed by atoms with Crippen LogP contribution in [0.2, 0.25) is 0 Å². The van der Waals surface area contributed by atoms with E-state index >= 15 is 0 Å². The highest BCUT2D eigenvalue weighted by atomic mass is 32.2. The second kappa shape index (κ2) is 6.87. The topological polar surface area (TPSA) is 54.4 Å². The number of hydrogen-bond acceptors (Lipinski definition) is 3. The lowest BCUT2D eigenvalue weighted by molar-refractivity contribution is 0.249. The summed E-state index contributed by atoms with van der Waals surface area (Å²) in [7, 11) is -3.18. The largest absolute Gasteiger partial charge is 0.396 e. The minimum atomic E-state index is -3.18. The van der Waals surface area contributed by atoms with E-state index in [1.807, 2.05) is 54.6 Å². The SMILES string of the molecule is CC(CO)CS(=O)(=O)Cc1ccc(-c2ccccc2)cc1. The van der Waals surface area contributed by atoms with Crippen molar-refractivity contribution >= 4 is 9.84 Å². The molecule has 2 rings (SSSR count). The fourth-order valence-corrected chi connectivity index (χ4v) is 4.01. The van der Waals surface area contributed by atoms with E-state index in [0.717, 1.165) is 16.7 Å². The highest BCUT2D eigenvalue weighted by Gasteiger charge is 2.16. The van der Waals surface area contributed by atoms with Crippen LogP contribution in [0.15, 0.2) is 54.6 Å². The molecule has 0 amide bonds. The molecule has 0 aliphatic rings. The number of benzene rings is 2. The summed E-state index contributed by atoms with van der Waals surface area (Å²) in [6.45, 7) is 1.63. The first-order valence-electron chi connectivity index (χ1n) is 6.96. The molecule has 3 nitrogen and oxygen atoms in total. The van der Waals surface area contributed by atoms with Crippen molar-refractivity contribution in [2.45, 2.75) is 12.7 Å². The maximum atomic E-state index is 12.0. The molecule has 1 unspecified atom stereocenters. The average molecular weight is 304 g/mol. The molecule has 0 aromatic heterocycles. The first-order chi connectivity index (χ1) is 10.00. The molecule has 2 aromatic rings. The van der Waals surface area contributed by atoms with E-state index in [-0.39, 0.29) is 24.0 Å². The number of aliphatic hydroxyl groups is 1. The quantitative estimate of drug-likeness (QED) is 0.893. The maximum Gasteiger partial charge on any atom is 0.154 e. The molecule has 4 heteroatoms. The van der Waals surface area contributed by atoms with Crippen LogP contribution in [-0.2, 0) is 15.6 Å². The van der Waals surface area contributed by atoms with E-state index < -0.39 is 9.84 Å². The van der Waals surface area contributed by atoms with Crippen molar-refractivity contribution in [3.63, 3.8) is 0 Å². The maximum absolute atomic E-state index is 12.0. The zero-order valence-corrected chi connectivity index (χ0v) is 12.9. The van der Waals surface area contributed by atoms with Gasteiger partial charge in [-0.2, -0.15) is 0 Å². The van der Waals surface area contributed by atoms with Gasteiger partial charge in [-0.3, -0.25) is 0 Å². The normalized spacial score (nSPS) is 13.0. The van der Waals surface area contributed by atoms with E-state index in [4.69, 9.17) is 5.11 Å². The van der Waals surface area contributed by atoms with Crippen molar-refractivity contribution in [1.29, 1.82) is 0 Å². The van der Waals surface area contributed by atoms with Crippen molar-refractivity contribution in [3.05, 3.63) is 60.2 Å². The molecule has 0 radical (unpaired) electrons. The zero-order chi connectivity index (χ0) is 15.3. The second-order valence-electron chi connectivity index (χ2n) is 5.41. The molecule has 0 aliphatic carbocycles. The number of sulfone groups is 1. The van der Waals surface area contributed by atoms with Gasteiger partial charge in [0.15, 0.2) is 9.84 Å². The van der Waals surface area contributed by atoms with Crippen LogP contribution in [0, 0.1) is 5.92 Å². The van der Waals surface area contributed by atoms with E-state index in [1.54, 1.807) is 6.92 Å². The fraction of sp³-hybridized carbons (Fsp3) is 0.294. The summed E-state index contributed by atoms with van der Waals surface area (Å²) in [5.41, 5.74) is 2.96. The van der Waals surface area contributed by atoms with Crippen LogP contribution in [0.25, 0.3) is 11.1 Å². The molecular formula is C17H20O3S. The lowest BCUT2D eigenvalue weighted by Gasteiger charge is -2.09. The van der Waals surface area contributed by atoms with Gasteiger partial charge in [-0.25, -0.2) is 8.42 Å². The van der Waals surface area contributed by atoms with Gasteiger partial charge in [0.05, 0.1) is 11.5 Å². The summed E-state index contributed by atoms with van der Waals surface area (Å²) in [5, 5.41) is 8.96. The Hall–Kier alpha value is -1.65. The first kappa shape index (κ1) is 15.7. The Bertz CT molecular complexity index is 661. The van der Waals surface area contributed by atoms with Crippen LogP contribution in [0.4, 0.5) is 0 Å². The highest BCUT2D eigenvalue weighted by Crippen LogP contribution is 2.20. The van der Waals surface area contributed by atoms with Gasteiger partial charge in [0.1, 0.15) is 0 Å². The van der Waals surface area contributed by atoms with Gasteiger partial charge < -0.3 is 5.11 Å². The Labute approximate surface area is 126 Å². The van der Waals surface area contributed by atoms with Gasteiger partial charge in [-0.1, -0.05) is 61.5 Å². The summed E-state index contributed by atoms with van der Waals surface area (Å²) in [5.74, 6) is -0.185. The van der Waals surface area contributed by atoms with Gasteiger partial charge in [0, 0.05) is 6.61 Å². The van der Waals surface area contributed by atoms with Gasteiger partial charge in [0.25, 0.3) is 0 Å². The molecule has 0 saturated carbocycles.